The first-order valence-corrected chi connectivity index (χ1v) is 9.16. The smallest absolute Gasteiger partial charge is 0.244 e. The molecule has 1 aliphatic rings. The molecule has 3 aromatic rings. The average Bonchev–Trinajstić information content (AvgIpc) is 3.23. The van der Waals surface area contributed by atoms with Crippen LogP contribution in [0.25, 0.3) is 10.8 Å². The predicted molar refractivity (Wildman–Crippen MR) is 105 cm³/mol. The van der Waals surface area contributed by atoms with Crippen LogP contribution in [-0.2, 0) is 0 Å². The van der Waals surface area contributed by atoms with Gasteiger partial charge < -0.3 is 4.90 Å². The number of rotatable bonds is 4. The molecule has 5 nitrogen and oxygen atoms in total. The first-order chi connectivity index (χ1) is 12.7. The van der Waals surface area contributed by atoms with E-state index in [1.54, 1.807) is 4.57 Å². The lowest BCUT2D eigenvalue weighted by Gasteiger charge is -2.37. The Morgan fingerprint density at radius 3 is 2.69 bits per heavy atom. The van der Waals surface area contributed by atoms with Gasteiger partial charge in [0.2, 0.25) is 5.91 Å². The molecule has 1 aromatic carbocycles. The molecule has 1 aliphatic heterocycles. The molecule has 134 valence electrons. The molecule has 0 amide bonds. The normalized spacial score (nSPS) is 16.0. The Kier molecular flexibility index (Phi) is 4.71. The van der Waals surface area contributed by atoms with Crippen molar-refractivity contribution in [1.29, 1.82) is 0 Å². The van der Waals surface area contributed by atoms with E-state index < -0.39 is 0 Å². The number of hydrogen-bond donors (Lipinski definition) is 0. The van der Waals surface area contributed by atoms with Crippen LogP contribution in [0.15, 0.2) is 61.2 Å². The van der Waals surface area contributed by atoms with E-state index in [2.05, 4.69) is 46.1 Å². The number of carbonyl (C=O) groups excluding carboxylic acids is 1. The lowest BCUT2D eigenvalue weighted by molar-refractivity contribution is 0.0827. The third kappa shape index (κ3) is 3.48. The van der Waals surface area contributed by atoms with E-state index in [9.17, 15) is 4.79 Å². The quantitative estimate of drug-likeness (QED) is 0.726. The lowest BCUT2D eigenvalue weighted by Crippen LogP contribution is -2.45. The van der Waals surface area contributed by atoms with Crippen molar-refractivity contribution in [3.63, 3.8) is 0 Å². The van der Waals surface area contributed by atoms with E-state index in [-0.39, 0.29) is 5.91 Å². The fourth-order valence-corrected chi connectivity index (χ4v) is 3.74. The first-order valence-electron chi connectivity index (χ1n) is 9.16. The molecule has 0 N–H and O–H groups in total. The van der Waals surface area contributed by atoms with Gasteiger partial charge in [-0.1, -0.05) is 6.07 Å². The highest BCUT2D eigenvalue weighted by Gasteiger charge is 2.24. The highest BCUT2D eigenvalue weighted by atomic mass is 16.2. The maximum atomic E-state index is 12.2. The van der Waals surface area contributed by atoms with Crippen LogP contribution in [0.4, 0.5) is 5.69 Å². The lowest BCUT2D eigenvalue weighted by atomic mass is 10.0. The second-order valence-corrected chi connectivity index (χ2v) is 7.01. The molecule has 1 saturated heterocycles. The van der Waals surface area contributed by atoms with Crippen LogP contribution >= 0.6 is 0 Å². The van der Waals surface area contributed by atoms with E-state index in [0.29, 0.717) is 12.6 Å². The second kappa shape index (κ2) is 7.30. The topological polar surface area (TPSA) is 41.4 Å². The number of hydrogen-bond acceptors (Lipinski definition) is 4. The van der Waals surface area contributed by atoms with Crippen molar-refractivity contribution >= 4 is 22.4 Å². The second-order valence-electron chi connectivity index (χ2n) is 7.01. The third-order valence-corrected chi connectivity index (χ3v) is 5.39. The third-order valence-electron chi connectivity index (χ3n) is 5.39. The van der Waals surface area contributed by atoms with Crippen molar-refractivity contribution in [3.8, 4) is 0 Å². The van der Waals surface area contributed by atoms with Gasteiger partial charge in [-0.2, -0.15) is 0 Å². The molecule has 2 aromatic heterocycles. The minimum atomic E-state index is 0.143. The number of aromatic nitrogens is 2. The van der Waals surface area contributed by atoms with Crippen molar-refractivity contribution in [3.05, 3.63) is 61.2 Å². The molecule has 1 fully saturated rings. The van der Waals surface area contributed by atoms with E-state index in [0.717, 1.165) is 25.9 Å². The molecule has 0 unspecified atom stereocenters. The Labute approximate surface area is 153 Å². The van der Waals surface area contributed by atoms with E-state index in [4.69, 9.17) is 0 Å². The summed E-state index contributed by atoms with van der Waals surface area (Å²) in [5.74, 6) is 0.143. The molecule has 0 radical (unpaired) electrons. The van der Waals surface area contributed by atoms with Crippen LogP contribution < -0.4 is 4.90 Å². The largest absolute Gasteiger partial charge is 0.371 e. The zero-order valence-electron chi connectivity index (χ0n) is 15.1. The van der Waals surface area contributed by atoms with Crippen LogP contribution in [-0.4, -0.2) is 53.1 Å². The monoisotopic (exact) mass is 348 g/mol. The summed E-state index contributed by atoms with van der Waals surface area (Å²) in [6.45, 7) is 2.41. The summed E-state index contributed by atoms with van der Waals surface area (Å²) in [7, 11) is 2.17. The fraction of sp³-hybridized carbons (Fsp3) is 0.333. The minimum absolute atomic E-state index is 0.143. The summed E-state index contributed by atoms with van der Waals surface area (Å²) in [5, 5.41) is 2.39. The number of piperidine rings is 1. The molecular weight excluding hydrogens is 324 g/mol. The molecule has 0 atom stereocenters. The minimum Gasteiger partial charge on any atom is -0.371 e. The number of pyridine rings is 1. The van der Waals surface area contributed by atoms with Crippen molar-refractivity contribution in [2.24, 2.45) is 0 Å². The van der Waals surface area contributed by atoms with Crippen LogP contribution in [0.2, 0.25) is 0 Å². The average molecular weight is 348 g/mol. The number of benzene rings is 1. The summed E-state index contributed by atoms with van der Waals surface area (Å²) in [4.78, 5) is 21.1. The predicted octanol–water partition coefficient (Wildman–Crippen LogP) is 3.28. The Balaban J connectivity index is 1.36. The molecule has 0 saturated carbocycles. The number of carbonyl (C=O) groups is 1. The maximum Gasteiger partial charge on any atom is 0.244 e. The first kappa shape index (κ1) is 16.8. The van der Waals surface area contributed by atoms with E-state index >= 15 is 0 Å². The van der Waals surface area contributed by atoms with Crippen molar-refractivity contribution in [1.82, 2.24) is 14.5 Å². The number of fused-ring (bicyclic) bond motifs is 1. The fourth-order valence-electron chi connectivity index (χ4n) is 3.74. The molecular formula is C21H24N4O. The van der Waals surface area contributed by atoms with Crippen LogP contribution in [0.1, 0.15) is 17.6 Å². The summed E-state index contributed by atoms with van der Waals surface area (Å²) >= 11 is 0. The van der Waals surface area contributed by atoms with Gasteiger partial charge in [-0.3, -0.25) is 19.2 Å². The van der Waals surface area contributed by atoms with Gasteiger partial charge in [0, 0.05) is 62.0 Å². The molecule has 0 bridgehead atoms. The van der Waals surface area contributed by atoms with Gasteiger partial charge >= 0.3 is 0 Å². The van der Waals surface area contributed by atoms with Gasteiger partial charge in [-0.25, -0.2) is 0 Å². The number of likely N-dealkylation sites (tertiary alicyclic amines) is 1. The summed E-state index contributed by atoms with van der Waals surface area (Å²) < 4.78 is 1.67. The Bertz CT molecular complexity index is 882. The zero-order valence-corrected chi connectivity index (χ0v) is 15.1. The Morgan fingerprint density at radius 2 is 1.92 bits per heavy atom. The SMILES string of the molecule is CN(c1ccc2cnccc2c1)C1CCN(CC(=O)n2cccc2)CC1. The molecule has 0 spiro atoms. The summed E-state index contributed by atoms with van der Waals surface area (Å²) in [6.07, 6.45) is 9.52. The van der Waals surface area contributed by atoms with Gasteiger partial charge in [0.1, 0.15) is 0 Å². The van der Waals surface area contributed by atoms with Crippen LogP contribution in [0.3, 0.4) is 0 Å². The number of anilines is 1. The number of nitrogens with zero attached hydrogens (tertiary/aromatic N) is 4. The standard InChI is InChI=1S/C21H24N4O/c1-23(20-5-4-18-15-22-9-6-17(18)14-20)19-7-12-24(13-8-19)16-21(26)25-10-2-3-11-25/h2-6,9-11,14-15,19H,7-8,12-13,16H2,1H3. The zero-order chi connectivity index (χ0) is 17.9. The highest BCUT2D eigenvalue weighted by molar-refractivity contribution is 5.85. The molecule has 4 rings (SSSR count). The molecule has 5 heteroatoms. The van der Waals surface area contributed by atoms with Crippen LogP contribution in [0, 0.1) is 0 Å². The van der Waals surface area contributed by atoms with Crippen molar-refractivity contribution in [2.45, 2.75) is 18.9 Å². The van der Waals surface area contributed by atoms with Crippen molar-refractivity contribution < 1.29 is 4.79 Å². The van der Waals surface area contributed by atoms with E-state index in [1.165, 1.54) is 16.5 Å². The van der Waals surface area contributed by atoms with Crippen LogP contribution in [0.5, 0.6) is 0 Å². The van der Waals surface area contributed by atoms with Gasteiger partial charge in [-0.05, 0) is 48.6 Å². The Hall–Kier alpha value is -2.66. The highest BCUT2D eigenvalue weighted by Crippen LogP contribution is 2.25. The van der Waals surface area contributed by atoms with Gasteiger partial charge in [0.25, 0.3) is 0 Å². The van der Waals surface area contributed by atoms with Gasteiger partial charge in [0.15, 0.2) is 0 Å². The molecule has 26 heavy (non-hydrogen) atoms. The molecule has 3 heterocycles. The molecule has 0 aliphatic carbocycles. The van der Waals surface area contributed by atoms with Crippen molar-refractivity contribution in [2.75, 3.05) is 31.6 Å². The summed E-state index contributed by atoms with van der Waals surface area (Å²) in [5.41, 5.74) is 1.24. The summed E-state index contributed by atoms with van der Waals surface area (Å²) in [6, 6.07) is 12.9. The van der Waals surface area contributed by atoms with E-state index in [1.807, 2.05) is 36.9 Å². The maximum absolute atomic E-state index is 12.2. The van der Waals surface area contributed by atoms with Gasteiger partial charge in [0.05, 0.1) is 6.54 Å². The van der Waals surface area contributed by atoms with Gasteiger partial charge in [-0.15, -0.1) is 0 Å². The Morgan fingerprint density at radius 1 is 1.15 bits per heavy atom.